The van der Waals surface area contributed by atoms with Crippen LogP contribution in [-0.4, -0.2) is 53.7 Å². The van der Waals surface area contributed by atoms with Crippen molar-refractivity contribution < 1.29 is 19.1 Å². The van der Waals surface area contributed by atoms with E-state index in [1.807, 2.05) is 31.2 Å². The van der Waals surface area contributed by atoms with E-state index in [2.05, 4.69) is 14.8 Å². The van der Waals surface area contributed by atoms with Gasteiger partial charge >= 0.3 is 11.6 Å². The zero-order valence-corrected chi connectivity index (χ0v) is 19.0. The number of esters is 1. The second kappa shape index (κ2) is 10.0. The normalized spacial score (nSPS) is 14.5. The van der Waals surface area contributed by atoms with Crippen molar-refractivity contribution in [3.05, 3.63) is 63.6 Å². The van der Waals surface area contributed by atoms with Gasteiger partial charge in [-0.2, -0.15) is 0 Å². The molecule has 0 unspecified atom stereocenters. The Morgan fingerprint density at radius 3 is 2.70 bits per heavy atom. The van der Waals surface area contributed by atoms with Crippen LogP contribution in [0.4, 0.5) is 5.82 Å². The number of rotatable bonds is 7. The Balaban J connectivity index is 1.59. The monoisotopic (exact) mass is 451 g/mol. The maximum atomic E-state index is 12.1. The molecule has 0 saturated carbocycles. The molecule has 1 aromatic carbocycles. The highest BCUT2D eigenvalue weighted by atomic mass is 16.5. The second-order valence-corrected chi connectivity index (χ2v) is 8.24. The fraction of sp³-hybridized carbons (Fsp3) is 0.400. The first-order valence-corrected chi connectivity index (χ1v) is 11.3. The topological polar surface area (TPSA) is 96.1 Å². The van der Waals surface area contributed by atoms with Gasteiger partial charge in [-0.05, 0) is 49.6 Å². The number of nitrogens with zero attached hydrogens (tertiary/aromatic N) is 3. The van der Waals surface area contributed by atoms with Crippen LogP contribution in [0.5, 0.6) is 5.75 Å². The van der Waals surface area contributed by atoms with Gasteiger partial charge in [0.2, 0.25) is 0 Å². The summed E-state index contributed by atoms with van der Waals surface area (Å²) in [6.07, 6.45) is 2.31. The van der Waals surface area contributed by atoms with Crippen LogP contribution < -0.4 is 10.5 Å². The summed E-state index contributed by atoms with van der Waals surface area (Å²) in [5.41, 5.74) is 1.97. The predicted molar refractivity (Wildman–Crippen MR) is 126 cm³/mol. The number of aromatic nitrogens is 1. The lowest BCUT2D eigenvalue weighted by Crippen LogP contribution is -2.46. The molecule has 0 radical (unpaired) electrons. The number of aromatic hydroxyl groups is 1. The first kappa shape index (κ1) is 22.8. The van der Waals surface area contributed by atoms with Crippen molar-refractivity contribution in [1.29, 1.82) is 0 Å². The van der Waals surface area contributed by atoms with Crippen LogP contribution in [0, 0.1) is 6.92 Å². The van der Waals surface area contributed by atoms with Crippen molar-refractivity contribution in [2.45, 2.75) is 33.2 Å². The number of ether oxygens (including phenoxy) is 1. The Hall–Kier alpha value is -3.39. The lowest BCUT2D eigenvalue weighted by atomic mass is 9.98. The molecule has 0 amide bonds. The molecule has 3 aromatic rings. The van der Waals surface area contributed by atoms with Crippen LogP contribution >= 0.6 is 0 Å². The first-order valence-electron chi connectivity index (χ1n) is 11.3. The lowest BCUT2D eigenvalue weighted by molar-refractivity contribution is -0.143. The molecule has 0 bridgehead atoms. The number of aryl methyl sites for hydroxylation is 2. The molecule has 1 fully saturated rings. The number of phenols is 1. The minimum atomic E-state index is -0.445. The van der Waals surface area contributed by atoms with Gasteiger partial charge in [0.25, 0.3) is 0 Å². The molecular weight excluding hydrogens is 422 g/mol. The molecule has 3 heterocycles. The van der Waals surface area contributed by atoms with Crippen LogP contribution in [0.1, 0.15) is 30.0 Å². The fourth-order valence-electron chi connectivity index (χ4n) is 4.27. The summed E-state index contributed by atoms with van der Waals surface area (Å²) < 4.78 is 10.6. The number of pyridine rings is 1. The van der Waals surface area contributed by atoms with Crippen LogP contribution in [0.2, 0.25) is 0 Å². The molecule has 0 aliphatic carbocycles. The fourth-order valence-corrected chi connectivity index (χ4v) is 4.27. The largest absolute Gasteiger partial charge is 0.507 e. The van der Waals surface area contributed by atoms with Gasteiger partial charge in [-0.3, -0.25) is 9.69 Å². The smallest absolute Gasteiger partial charge is 0.336 e. The third-order valence-corrected chi connectivity index (χ3v) is 6.02. The molecule has 2 aromatic heterocycles. The Morgan fingerprint density at radius 2 is 2.00 bits per heavy atom. The lowest BCUT2D eigenvalue weighted by Gasteiger charge is -2.35. The number of piperazine rings is 1. The molecule has 8 nitrogen and oxygen atoms in total. The van der Waals surface area contributed by atoms with E-state index in [9.17, 15) is 14.7 Å². The third-order valence-electron chi connectivity index (χ3n) is 6.02. The van der Waals surface area contributed by atoms with Crippen LogP contribution in [-0.2, 0) is 22.5 Å². The van der Waals surface area contributed by atoms with Gasteiger partial charge in [-0.15, -0.1) is 0 Å². The van der Waals surface area contributed by atoms with Gasteiger partial charge < -0.3 is 19.2 Å². The highest BCUT2D eigenvalue weighted by molar-refractivity contribution is 5.86. The molecular formula is C25H29N3O5. The zero-order valence-electron chi connectivity index (χ0n) is 19.0. The van der Waals surface area contributed by atoms with Crippen molar-refractivity contribution in [3.63, 3.8) is 0 Å². The van der Waals surface area contributed by atoms with Crippen molar-refractivity contribution in [3.8, 4) is 5.75 Å². The van der Waals surface area contributed by atoms with E-state index in [1.54, 1.807) is 13.1 Å². The maximum absolute atomic E-state index is 12.1. The van der Waals surface area contributed by atoms with Crippen molar-refractivity contribution in [1.82, 2.24) is 9.88 Å². The number of hydrogen-bond acceptors (Lipinski definition) is 8. The molecule has 1 aliphatic rings. The minimum Gasteiger partial charge on any atom is -0.507 e. The summed E-state index contributed by atoms with van der Waals surface area (Å²) >= 11 is 0. The van der Waals surface area contributed by atoms with Crippen LogP contribution in [0.3, 0.4) is 0 Å². The molecule has 0 atom stereocenters. The maximum Gasteiger partial charge on any atom is 0.336 e. The van der Waals surface area contributed by atoms with Gasteiger partial charge in [0, 0.05) is 56.8 Å². The van der Waals surface area contributed by atoms with Crippen molar-refractivity contribution in [2.75, 3.05) is 37.7 Å². The summed E-state index contributed by atoms with van der Waals surface area (Å²) in [7, 11) is 0. The quantitative estimate of drug-likeness (QED) is 0.433. The van der Waals surface area contributed by atoms with Crippen molar-refractivity contribution >= 4 is 22.8 Å². The minimum absolute atomic E-state index is 0.0766. The highest BCUT2D eigenvalue weighted by Gasteiger charge is 2.23. The number of carbonyl (C=O) groups excluding carboxylic acids is 1. The van der Waals surface area contributed by atoms with Crippen LogP contribution in [0.25, 0.3) is 11.0 Å². The average Bonchev–Trinajstić information content (AvgIpc) is 2.81. The second-order valence-electron chi connectivity index (χ2n) is 8.24. The summed E-state index contributed by atoms with van der Waals surface area (Å²) in [6, 6.07) is 9.14. The Labute approximate surface area is 192 Å². The van der Waals surface area contributed by atoms with Crippen molar-refractivity contribution in [2.24, 2.45) is 0 Å². The SMILES string of the molecule is CCOC(=O)CCc1cc2c(C)cc(=O)oc2c(CN2CCN(c3ccccn3)CC2)c1O. The van der Waals surface area contributed by atoms with E-state index in [0.717, 1.165) is 42.9 Å². The van der Waals surface area contributed by atoms with Gasteiger partial charge in [0.1, 0.15) is 17.2 Å². The molecule has 4 rings (SSSR count). The Kier molecular flexibility index (Phi) is 6.93. The average molecular weight is 452 g/mol. The summed E-state index contributed by atoms with van der Waals surface area (Å²) in [5, 5.41) is 11.9. The molecule has 0 spiro atoms. The van der Waals surface area contributed by atoms with E-state index in [-0.39, 0.29) is 18.1 Å². The number of fused-ring (bicyclic) bond motifs is 1. The van der Waals surface area contributed by atoms with Gasteiger partial charge in [0.15, 0.2) is 0 Å². The summed E-state index contributed by atoms with van der Waals surface area (Å²) in [4.78, 5) is 32.8. The molecule has 174 valence electrons. The molecule has 1 aliphatic heterocycles. The summed E-state index contributed by atoms with van der Waals surface area (Å²) in [6.45, 7) is 7.55. The molecule has 33 heavy (non-hydrogen) atoms. The van der Waals surface area contributed by atoms with E-state index >= 15 is 0 Å². The molecule has 8 heteroatoms. The third kappa shape index (κ3) is 5.17. The van der Waals surface area contributed by atoms with Gasteiger partial charge in [-0.1, -0.05) is 6.07 Å². The number of anilines is 1. The summed E-state index contributed by atoms with van der Waals surface area (Å²) in [5.74, 6) is 0.723. The molecule has 1 saturated heterocycles. The van der Waals surface area contributed by atoms with E-state index in [0.29, 0.717) is 36.3 Å². The van der Waals surface area contributed by atoms with Gasteiger partial charge in [0.05, 0.1) is 12.2 Å². The molecule has 1 N–H and O–H groups in total. The Bertz CT molecular complexity index is 1180. The first-order chi connectivity index (χ1) is 16.0. The van der Waals surface area contributed by atoms with Gasteiger partial charge in [-0.25, -0.2) is 9.78 Å². The highest BCUT2D eigenvalue weighted by Crippen LogP contribution is 2.34. The Morgan fingerprint density at radius 1 is 1.21 bits per heavy atom. The number of benzene rings is 1. The van der Waals surface area contributed by atoms with E-state index in [4.69, 9.17) is 9.15 Å². The zero-order chi connectivity index (χ0) is 23.4. The van der Waals surface area contributed by atoms with E-state index < -0.39 is 5.63 Å². The standard InChI is InChI=1S/C25H29N3O5/c1-3-32-22(29)8-7-18-15-19-17(2)14-23(30)33-25(19)20(24(18)31)16-27-10-12-28(13-11-27)21-6-4-5-9-26-21/h4-6,9,14-15,31H,3,7-8,10-13,16H2,1-2H3. The number of hydrogen-bond donors (Lipinski definition) is 1. The predicted octanol–water partition coefficient (Wildman–Crippen LogP) is 3.02. The van der Waals surface area contributed by atoms with Crippen LogP contribution in [0.15, 0.2) is 45.7 Å². The van der Waals surface area contributed by atoms with E-state index in [1.165, 1.54) is 6.07 Å². The number of phenolic OH excluding ortho intramolecular Hbond substituents is 1. The number of carbonyl (C=O) groups is 1.